The minimum Gasteiger partial charge on any atom is -0.328 e. The third-order valence-corrected chi connectivity index (χ3v) is 8.70. The average molecular weight is 497 g/mol. The number of amides is 2. The van der Waals surface area contributed by atoms with Crippen LogP contribution in [0, 0.1) is 5.92 Å². The zero-order chi connectivity index (χ0) is 25.4. The second-order valence-corrected chi connectivity index (χ2v) is 11.2. The van der Waals surface area contributed by atoms with Gasteiger partial charge in [0.2, 0.25) is 11.8 Å². The number of nitrogens with one attached hydrogen (secondary N) is 1. The van der Waals surface area contributed by atoms with Gasteiger partial charge in [0, 0.05) is 38.6 Å². The Morgan fingerprint density at radius 2 is 1.72 bits per heavy atom. The number of imidazole rings is 1. The molecule has 2 aliphatic heterocycles. The van der Waals surface area contributed by atoms with Gasteiger partial charge in [0.05, 0.1) is 11.0 Å². The van der Waals surface area contributed by atoms with E-state index in [4.69, 9.17) is 5.73 Å². The van der Waals surface area contributed by atoms with E-state index >= 15 is 0 Å². The summed E-state index contributed by atoms with van der Waals surface area (Å²) in [7, 11) is 4.04. The summed E-state index contributed by atoms with van der Waals surface area (Å²) in [5.41, 5.74) is 8.59. The Balaban J connectivity index is 1.21. The van der Waals surface area contributed by atoms with Crippen LogP contribution in [0.15, 0.2) is 23.0 Å². The maximum absolute atomic E-state index is 13.0. The van der Waals surface area contributed by atoms with Gasteiger partial charge in [-0.25, -0.2) is 4.79 Å². The molecule has 2 aromatic rings. The van der Waals surface area contributed by atoms with Crippen LogP contribution >= 0.6 is 0 Å². The lowest BCUT2D eigenvalue weighted by Gasteiger charge is -2.39. The van der Waals surface area contributed by atoms with Crippen molar-refractivity contribution in [3.05, 3.63) is 34.2 Å². The molecule has 0 radical (unpaired) electrons. The Morgan fingerprint density at radius 1 is 1.00 bits per heavy atom. The Labute approximate surface area is 212 Å². The predicted octanol–water partition coefficient (Wildman–Crippen LogP) is 1.73. The molecule has 2 amide bonds. The highest BCUT2D eigenvalue weighted by Gasteiger charge is 2.31. The van der Waals surface area contributed by atoms with E-state index in [1.54, 1.807) is 16.2 Å². The van der Waals surface area contributed by atoms with Crippen molar-refractivity contribution < 1.29 is 9.59 Å². The number of fused-ring (bicyclic) bond motifs is 1. The van der Waals surface area contributed by atoms with Crippen molar-refractivity contribution in [3.8, 4) is 0 Å². The molecule has 196 valence electrons. The van der Waals surface area contributed by atoms with E-state index in [2.05, 4.69) is 34.3 Å². The minimum atomic E-state index is -0.647. The number of imide groups is 1. The van der Waals surface area contributed by atoms with E-state index in [1.165, 1.54) is 50.6 Å². The van der Waals surface area contributed by atoms with Gasteiger partial charge in [0.1, 0.15) is 6.04 Å². The topological polar surface area (TPSA) is 106 Å². The maximum atomic E-state index is 13.0. The minimum absolute atomic E-state index is 0.222. The summed E-state index contributed by atoms with van der Waals surface area (Å²) in [5.74, 6) is 0.115. The Hall–Kier alpha value is -2.49. The van der Waals surface area contributed by atoms with Crippen LogP contribution in [0.3, 0.4) is 0 Å². The number of carbonyl (C=O) groups is 2. The molecule has 3 fully saturated rings. The van der Waals surface area contributed by atoms with Gasteiger partial charge in [-0.2, -0.15) is 0 Å². The number of aryl methyl sites for hydroxylation is 1. The first kappa shape index (κ1) is 25.2. The van der Waals surface area contributed by atoms with Crippen LogP contribution in [0.2, 0.25) is 0 Å². The van der Waals surface area contributed by atoms with E-state index in [0.717, 1.165) is 36.6 Å². The molecule has 1 aromatic carbocycles. The first-order chi connectivity index (χ1) is 17.3. The highest BCUT2D eigenvalue weighted by atomic mass is 16.2. The summed E-state index contributed by atoms with van der Waals surface area (Å²) in [6.45, 7) is 4.18. The van der Waals surface area contributed by atoms with Crippen molar-refractivity contribution in [1.29, 1.82) is 0 Å². The summed E-state index contributed by atoms with van der Waals surface area (Å²) in [6.07, 6.45) is 7.82. The zero-order valence-electron chi connectivity index (χ0n) is 21.6. The fraction of sp³-hybridized carbons (Fsp3) is 0.667. The maximum Gasteiger partial charge on any atom is 0.329 e. The van der Waals surface area contributed by atoms with E-state index in [0.29, 0.717) is 18.5 Å². The monoisotopic (exact) mass is 496 g/mol. The average Bonchev–Trinajstić information content (AvgIpc) is 3.10. The van der Waals surface area contributed by atoms with E-state index < -0.39 is 11.9 Å². The molecule has 2 saturated heterocycles. The zero-order valence-corrected chi connectivity index (χ0v) is 21.6. The highest BCUT2D eigenvalue weighted by molar-refractivity contribution is 6.00. The molecule has 36 heavy (non-hydrogen) atoms. The number of piperidine rings is 2. The highest BCUT2D eigenvalue weighted by Crippen LogP contribution is 2.27. The van der Waals surface area contributed by atoms with Gasteiger partial charge >= 0.3 is 5.69 Å². The van der Waals surface area contributed by atoms with Gasteiger partial charge < -0.3 is 10.6 Å². The van der Waals surface area contributed by atoms with Crippen LogP contribution < -0.4 is 16.7 Å². The number of hydrogen-bond acceptors (Lipinski definition) is 6. The SMILES string of the molecule is CN(C[C@H]1CC[C@H](N)CC1)C1CCN(Cc2ccc3c(c2)n(C)c(=O)n3C2CCC(=O)NC2=O)CC1. The number of likely N-dealkylation sites (tertiary alicyclic amines) is 1. The van der Waals surface area contributed by atoms with E-state index in [1.807, 2.05) is 6.07 Å². The Kier molecular flexibility index (Phi) is 7.32. The molecule has 0 spiro atoms. The van der Waals surface area contributed by atoms with E-state index in [-0.39, 0.29) is 18.0 Å². The Morgan fingerprint density at radius 3 is 2.42 bits per heavy atom. The number of benzene rings is 1. The predicted molar refractivity (Wildman–Crippen MR) is 139 cm³/mol. The lowest BCUT2D eigenvalue weighted by molar-refractivity contribution is -0.135. The quantitative estimate of drug-likeness (QED) is 0.590. The molecule has 1 atom stereocenters. The second-order valence-electron chi connectivity index (χ2n) is 11.2. The molecule has 9 heteroatoms. The number of nitrogens with zero attached hydrogens (tertiary/aromatic N) is 4. The van der Waals surface area contributed by atoms with Crippen LogP contribution in [-0.2, 0) is 23.2 Å². The first-order valence-corrected chi connectivity index (χ1v) is 13.5. The van der Waals surface area contributed by atoms with Crippen LogP contribution in [0.5, 0.6) is 0 Å². The molecule has 3 aliphatic rings. The third kappa shape index (κ3) is 5.14. The van der Waals surface area contributed by atoms with Gasteiger partial charge in [-0.1, -0.05) is 6.07 Å². The second kappa shape index (κ2) is 10.5. The molecular weight excluding hydrogens is 456 g/mol. The van der Waals surface area contributed by atoms with Crippen molar-refractivity contribution in [3.63, 3.8) is 0 Å². The summed E-state index contributed by atoms with van der Waals surface area (Å²) in [5, 5.41) is 2.37. The standard InChI is InChI=1S/C27H40N6O3/c1-30(16-18-3-6-20(28)7-4-18)21-11-13-32(14-12-21)17-19-5-8-22-24(15-19)31(2)27(36)33(22)23-9-10-25(34)29-26(23)35/h5,8,15,18,20-21,23H,3-4,6-7,9-14,16-17,28H2,1-2H3,(H,29,34,35)/t18-,20-,23?. The number of rotatable bonds is 6. The molecule has 1 saturated carbocycles. The van der Waals surface area contributed by atoms with Crippen molar-refractivity contribution in [2.24, 2.45) is 18.7 Å². The summed E-state index contributed by atoms with van der Waals surface area (Å²) >= 11 is 0. The molecule has 1 unspecified atom stereocenters. The summed E-state index contributed by atoms with van der Waals surface area (Å²) < 4.78 is 3.16. The molecule has 3 N–H and O–H groups in total. The van der Waals surface area contributed by atoms with Crippen LogP contribution in [-0.4, -0.2) is 69.5 Å². The smallest absolute Gasteiger partial charge is 0.328 e. The summed E-state index contributed by atoms with van der Waals surface area (Å²) in [4.78, 5) is 42.1. The van der Waals surface area contributed by atoms with Gasteiger partial charge in [-0.05, 0) is 88.7 Å². The lowest BCUT2D eigenvalue weighted by atomic mass is 9.86. The molecule has 3 heterocycles. The molecule has 0 bridgehead atoms. The van der Waals surface area contributed by atoms with E-state index in [9.17, 15) is 14.4 Å². The van der Waals surface area contributed by atoms with Gasteiger partial charge in [0.25, 0.3) is 0 Å². The third-order valence-electron chi connectivity index (χ3n) is 8.70. The normalized spacial score (nSPS) is 26.6. The molecule has 1 aromatic heterocycles. The number of carbonyl (C=O) groups excluding carboxylic acids is 2. The Bertz CT molecular complexity index is 1170. The molecule has 5 rings (SSSR count). The van der Waals surface area contributed by atoms with Crippen LogP contribution in [0.1, 0.15) is 63.0 Å². The van der Waals surface area contributed by atoms with Crippen molar-refractivity contribution in [2.45, 2.75) is 76.0 Å². The van der Waals surface area contributed by atoms with Crippen LogP contribution in [0.4, 0.5) is 0 Å². The molecule has 9 nitrogen and oxygen atoms in total. The van der Waals surface area contributed by atoms with Crippen molar-refractivity contribution in [1.82, 2.24) is 24.3 Å². The van der Waals surface area contributed by atoms with Crippen LogP contribution in [0.25, 0.3) is 11.0 Å². The molecular formula is C27H40N6O3. The van der Waals surface area contributed by atoms with Crippen molar-refractivity contribution >= 4 is 22.8 Å². The van der Waals surface area contributed by atoms with Gasteiger partial charge in [-0.3, -0.25) is 28.9 Å². The fourth-order valence-corrected chi connectivity index (χ4v) is 6.44. The first-order valence-electron chi connectivity index (χ1n) is 13.5. The largest absolute Gasteiger partial charge is 0.329 e. The summed E-state index contributed by atoms with van der Waals surface area (Å²) in [6, 6.07) is 6.49. The van der Waals surface area contributed by atoms with Gasteiger partial charge in [-0.15, -0.1) is 0 Å². The number of aromatic nitrogens is 2. The number of nitrogens with two attached hydrogens (primary N) is 1. The van der Waals surface area contributed by atoms with Crippen molar-refractivity contribution in [2.75, 3.05) is 26.7 Å². The number of hydrogen-bond donors (Lipinski definition) is 2. The molecule has 1 aliphatic carbocycles. The van der Waals surface area contributed by atoms with Gasteiger partial charge in [0.15, 0.2) is 0 Å². The fourth-order valence-electron chi connectivity index (χ4n) is 6.44. The lowest BCUT2D eigenvalue weighted by Crippen LogP contribution is -2.45.